The van der Waals surface area contributed by atoms with E-state index in [2.05, 4.69) is 5.10 Å². The number of hydrogen-bond acceptors (Lipinski definition) is 3. The maximum absolute atomic E-state index is 13.4. The summed E-state index contributed by atoms with van der Waals surface area (Å²) < 4.78 is 15.0. The number of anilines is 1. The normalized spacial score (nSPS) is 10.8. The second-order valence-corrected chi connectivity index (χ2v) is 5.18. The molecule has 3 nitrogen and oxygen atoms in total. The summed E-state index contributed by atoms with van der Waals surface area (Å²) in [5.41, 5.74) is 8.71. The van der Waals surface area contributed by atoms with Gasteiger partial charge >= 0.3 is 0 Å². The smallest absolute Gasteiger partial charge is 0.143 e. The van der Waals surface area contributed by atoms with Crippen molar-refractivity contribution in [2.45, 2.75) is 0 Å². The number of aromatic nitrogens is 2. The van der Waals surface area contributed by atoms with Crippen LogP contribution in [0.5, 0.6) is 0 Å². The van der Waals surface area contributed by atoms with Crippen molar-refractivity contribution in [3.05, 3.63) is 52.1 Å². The van der Waals surface area contributed by atoms with Crippen molar-refractivity contribution in [1.82, 2.24) is 9.78 Å². The van der Waals surface area contributed by atoms with Crippen LogP contribution in [-0.2, 0) is 0 Å². The molecule has 0 aliphatic rings. The molecule has 19 heavy (non-hydrogen) atoms. The Morgan fingerprint density at radius 1 is 1.32 bits per heavy atom. The molecular weight excluding hydrogens is 285 g/mol. The van der Waals surface area contributed by atoms with Crippen molar-refractivity contribution in [2.24, 2.45) is 0 Å². The molecule has 0 radical (unpaired) electrons. The average molecular weight is 294 g/mol. The first-order chi connectivity index (χ1) is 9.15. The fraction of sp³-hybridized carbons (Fsp3) is 0. The van der Waals surface area contributed by atoms with Gasteiger partial charge in [-0.15, -0.1) is 0 Å². The highest BCUT2D eigenvalue weighted by atomic mass is 35.5. The summed E-state index contributed by atoms with van der Waals surface area (Å²) in [7, 11) is 0. The molecule has 0 bridgehead atoms. The van der Waals surface area contributed by atoms with Crippen molar-refractivity contribution < 1.29 is 4.39 Å². The maximum atomic E-state index is 13.4. The fourth-order valence-electron chi connectivity index (χ4n) is 1.77. The quantitative estimate of drug-likeness (QED) is 0.777. The Kier molecular flexibility index (Phi) is 3.00. The van der Waals surface area contributed by atoms with E-state index in [-0.39, 0.29) is 5.02 Å². The Balaban J connectivity index is 2.07. The molecule has 3 rings (SSSR count). The van der Waals surface area contributed by atoms with Crippen LogP contribution in [0.25, 0.3) is 16.9 Å². The van der Waals surface area contributed by atoms with Crippen LogP contribution in [-0.4, -0.2) is 9.78 Å². The molecule has 0 amide bonds. The van der Waals surface area contributed by atoms with Crippen molar-refractivity contribution >= 4 is 28.6 Å². The van der Waals surface area contributed by atoms with Crippen molar-refractivity contribution in [3.8, 4) is 16.9 Å². The van der Waals surface area contributed by atoms with E-state index in [1.54, 1.807) is 28.3 Å². The Labute approximate surface area is 118 Å². The Morgan fingerprint density at radius 3 is 2.84 bits per heavy atom. The zero-order valence-electron chi connectivity index (χ0n) is 9.68. The van der Waals surface area contributed by atoms with E-state index in [0.29, 0.717) is 17.1 Å². The highest BCUT2D eigenvalue weighted by Crippen LogP contribution is 2.27. The first kappa shape index (κ1) is 12.2. The van der Waals surface area contributed by atoms with E-state index < -0.39 is 5.82 Å². The summed E-state index contributed by atoms with van der Waals surface area (Å²) in [5, 5.41) is 8.38. The Bertz CT molecular complexity index is 722. The number of thiophene rings is 1. The second-order valence-electron chi connectivity index (χ2n) is 3.99. The molecule has 6 heteroatoms. The molecule has 0 spiro atoms. The van der Waals surface area contributed by atoms with Gasteiger partial charge in [0.1, 0.15) is 11.5 Å². The molecule has 2 N–H and O–H groups in total. The number of nitrogen functional groups attached to an aromatic ring is 1. The van der Waals surface area contributed by atoms with E-state index in [1.807, 2.05) is 16.8 Å². The molecule has 96 valence electrons. The van der Waals surface area contributed by atoms with Gasteiger partial charge in [0, 0.05) is 17.0 Å². The summed E-state index contributed by atoms with van der Waals surface area (Å²) in [6.45, 7) is 0. The van der Waals surface area contributed by atoms with Crippen LogP contribution in [0.2, 0.25) is 5.02 Å². The third kappa shape index (κ3) is 2.22. The van der Waals surface area contributed by atoms with Crippen LogP contribution in [0.4, 0.5) is 10.1 Å². The third-order valence-corrected chi connectivity index (χ3v) is 3.69. The topological polar surface area (TPSA) is 43.8 Å². The predicted molar refractivity (Wildman–Crippen MR) is 76.3 cm³/mol. The van der Waals surface area contributed by atoms with E-state index in [1.165, 1.54) is 12.1 Å². The SMILES string of the molecule is Nc1cn(-c2ccc(Cl)c(F)c2)nc1-c1ccsc1. The summed E-state index contributed by atoms with van der Waals surface area (Å²) in [6, 6.07) is 6.45. The summed E-state index contributed by atoms with van der Waals surface area (Å²) in [4.78, 5) is 0. The van der Waals surface area contributed by atoms with Gasteiger partial charge in [0.05, 0.1) is 22.6 Å². The molecule has 0 saturated heterocycles. The van der Waals surface area contributed by atoms with Gasteiger partial charge in [-0.3, -0.25) is 0 Å². The van der Waals surface area contributed by atoms with Crippen LogP contribution in [0.1, 0.15) is 0 Å². The van der Waals surface area contributed by atoms with Gasteiger partial charge in [0.15, 0.2) is 0 Å². The second kappa shape index (κ2) is 4.68. The summed E-state index contributed by atoms with van der Waals surface area (Å²) in [6.07, 6.45) is 1.66. The fourth-order valence-corrected chi connectivity index (χ4v) is 2.53. The zero-order chi connectivity index (χ0) is 13.4. The molecule has 2 heterocycles. The molecule has 1 aromatic carbocycles. The van der Waals surface area contributed by atoms with Gasteiger partial charge in [-0.25, -0.2) is 9.07 Å². The Hall–Kier alpha value is -1.85. The third-order valence-electron chi connectivity index (χ3n) is 2.70. The van der Waals surface area contributed by atoms with Crippen molar-refractivity contribution in [3.63, 3.8) is 0 Å². The largest absolute Gasteiger partial charge is 0.396 e. The molecule has 3 aromatic rings. The molecule has 0 saturated carbocycles. The molecule has 0 aliphatic heterocycles. The molecule has 0 aliphatic carbocycles. The van der Waals surface area contributed by atoms with Crippen molar-refractivity contribution in [2.75, 3.05) is 5.73 Å². The predicted octanol–water partition coefficient (Wildman–Crippen LogP) is 3.98. The number of nitrogens with two attached hydrogens (primary N) is 1. The minimum Gasteiger partial charge on any atom is -0.396 e. The van der Waals surface area contributed by atoms with Gasteiger partial charge in [0.25, 0.3) is 0 Å². The minimum absolute atomic E-state index is 0.0851. The Morgan fingerprint density at radius 2 is 2.16 bits per heavy atom. The summed E-state index contributed by atoms with van der Waals surface area (Å²) >= 11 is 7.23. The number of rotatable bonds is 2. The molecule has 0 fully saturated rings. The van der Waals surface area contributed by atoms with Crippen molar-refractivity contribution in [1.29, 1.82) is 0 Å². The number of nitrogens with zero attached hydrogens (tertiary/aromatic N) is 2. The van der Waals surface area contributed by atoms with Gasteiger partial charge in [0.2, 0.25) is 0 Å². The first-order valence-corrected chi connectivity index (χ1v) is 6.80. The highest BCUT2D eigenvalue weighted by molar-refractivity contribution is 7.08. The van der Waals surface area contributed by atoms with Gasteiger partial charge in [-0.05, 0) is 23.6 Å². The molecule has 0 atom stereocenters. The zero-order valence-corrected chi connectivity index (χ0v) is 11.2. The van der Waals surface area contributed by atoms with Gasteiger partial charge < -0.3 is 5.73 Å². The van der Waals surface area contributed by atoms with Crippen LogP contribution in [0.3, 0.4) is 0 Å². The first-order valence-electron chi connectivity index (χ1n) is 5.48. The molecule has 2 aromatic heterocycles. The lowest BCUT2D eigenvalue weighted by Gasteiger charge is -2.01. The number of halogens is 2. The van der Waals surface area contributed by atoms with Crippen LogP contribution < -0.4 is 5.73 Å². The van der Waals surface area contributed by atoms with Gasteiger partial charge in [-0.1, -0.05) is 11.6 Å². The lowest BCUT2D eigenvalue weighted by atomic mass is 10.2. The van der Waals surface area contributed by atoms with Crippen LogP contribution >= 0.6 is 22.9 Å². The lowest BCUT2D eigenvalue weighted by Crippen LogP contribution is -1.95. The van der Waals surface area contributed by atoms with Crippen LogP contribution in [0, 0.1) is 5.82 Å². The van der Waals surface area contributed by atoms with Crippen LogP contribution in [0.15, 0.2) is 41.2 Å². The minimum atomic E-state index is -0.481. The average Bonchev–Trinajstić information content (AvgIpc) is 3.01. The van der Waals surface area contributed by atoms with E-state index in [9.17, 15) is 4.39 Å². The summed E-state index contributed by atoms with van der Waals surface area (Å²) in [5.74, 6) is -0.481. The van der Waals surface area contributed by atoms with E-state index >= 15 is 0 Å². The number of benzene rings is 1. The number of hydrogen-bond donors (Lipinski definition) is 1. The highest BCUT2D eigenvalue weighted by Gasteiger charge is 2.11. The lowest BCUT2D eigenvalue weighted by molar-refractivity contribution is 0.626. The molecule has 0 unspecified atom stereocenters. The van der Waals surface area contributed by atoms with Gasteiger partial charge in [-0.2, -0.15) is 16.4 Å². The van der Waals surface area contributed by atoms with E-state index in [4.69, 9.17) is 17.3 Å². The monoisotopic (exact) mass is 293 g/mol. The standard InChI is InChI=1S/C13H9ClFN3S/c14-10-2-1-9(5-11(10)15)18-6-12(16)13(17-18)8-3-4-19-7-8/h1-7H,16H2. The maximum Gasteiger partial charge on any atom is 0.143 e. The molecular formula is C13H9ClFN3S. The van der Waals surface area contributed by atoms with E-state index in [0.717, 1.165) is 5.56 Å².